The van der Waals surface area contributed by atoms with Gasteiger partial charge in [-0.1, -0.05) is 30.3 Å². The van der Waals surface area contributed by atoms with Crippen LogP contribution in [-0.2, 0) is 17.3 Å². The highest BCUT2D eigenvalue weighted by Gasteiger charge is 2.30. The number of cyclic esters (lactones) is 1. The molecule has 1 fully saturated rings. The van der Waals surface area contributed by atoms with Crippen molar-refractivity contribution >= 4 is 6.09 Å². The molecule has 0 radical (unpaired) electrons. The Kier molecular flexibility index (Phi) is 4.50. The maximum Gasteiger partial charge on any atom is 0.416 e. The molecule has 1 amide bonds. The molecular weight excluding hydrogens is 375 g/mol. The number of alkyl carbamates (subject to hydrolysis) is 1. The van der Waals surface area contributed by atoms with Crippen LogP contribution in [0.1, 0.15) is 28.7 Å². The molecule has 9 heteroatoms. The molecular formula is C19H14F3N3O3. The smallest absolute Gasteiger partial charge is 0.416 e. The fourth-order valence-corrected chi connectivity index (χ4v) is 2.91. The number of nitrogens with one attached hydrogen (secondary N) is 1. The average Bonchev–Trinajstić information content (AvgIpc) is 3.31. The number of hydrogen-bond acceptors (Lipinski definition) is 5. The summed E-state index contributed by atoms with van der Waals surface area (Å²) in [6.07, 6.45) is -5.16. The van der Waals surface area contributed by atoms with Crippen LogP contribution in [0.3, 0.4) is 0 Å². The number of nitrogens with zero attached hydrogens (tertiary/aromatic N) is 2. The number of hydrogen-bond donors (Lipinski definition) is 1. The molecule has 1 unspecified atom stereocenters. The van der Waals surface area contributed by atoms with Gasteiger partial charge in [-0.15, -0.1) is 10.2 Å². The normalized spacial score (nSPS) is 16.7. The zero-order valence-electron chi connectivity index (χ0n) is 14.4. The topological polar surface area (TPSA) is 77.3 Å². The van der Waals surface area contributed by atoms with Crippen molar-refractivity contribution < 1.29 is 27.1 Å². The first-order valence-electron chi connectivity index (χ1n) is 8.42. The van der Waals surface area contributed by atoms with Gasteiger partial charge < -0.3 is 14.5 Å². The van der Waals surface area contributed by atoms with Gasteiger partial charge in [-0.2, -0.15) is 13.2 Å². The molecule has 4 rings (SSSR count). The van der Waals surface area contributed by atoms with E-state index in [4.69, 9.17) is 9.15 Å². The molecule has 1 aliphatic rings. The minimum absolute atomic E-state index is 0.178. The second-order valence-corrected chi connectivity index (χ2v) is 6.25. The third-order valence-electron chi connectivity index (χ3n) is 4.32. The third kappa shape index (κ3) is 3.68. The van der Waals surface area contributed by atoms with E-state index >= 15 is 0 Å². The van der Waals surface area contributed by atoms with E-state index in [-0.39, 0.29) is 18.3 Å². The van der Waals surface area contributed by atoms with Crippen LogP contribution in [0.15, 0.2) is 52.9 Å². The predicted octanol–water partition coefficient (Wildman–Crippen LogP) is 4.13. The van der Waals surface area contributed by atoms with E-state index in [0.29, 0.717) is 17.5 Å². The van der Waals surface area contributed by atoms with Gasteiger partial charge in [0.05, 0.1) is 12.1 Å². The Hall–Kier alpha value is -3.36. The van der Waals surface area contributed by atoms with Crippen molar-refractivity contribution in [2.24, 2.45) is 0 Å². The SMILES string of the molecule is O=C1NCC(c2nnc(-c3ccccc3Cc3ccc(C(F)(F)F)cc3)o2)O1. The summed E-state index contributed by atoms with van der Waals surface area (Å²) in [6.45, 7) is 0.244. The van der Waals surface area contributed by atoms with Gasteiger partial charge in [-0.05, 0) is 35.7 Å². The number of aromatic nitrogens is 2. The zero-order chi connectivity index (χ0) is 19.7. The van der Waals surface area contributed by atoms with E-state index < -0.39 is 23.9 Å². The van der Waals surface area contributed by atoms with E-state index in [0.717, 1.165) is 17.7 Å². The zero-order valence-corrected chi connectivity index (χ0v) is 14.4. The lowest BCUT2D eigenvalue weighted by Gasteiger charge is -2.09. The fourth-order valence-electron chi connectivity index (χ4n) is 2.91. The lowest BCUT2D eigenvalue weighted by Crippen LogP contribution is -2.12. The van der Waals surface area contributed by atoms with E-state index in [2.05, 4.69) is 15.5 Å². The highest BCUT2D eigenvalue weighted by molar-refractivity contribution is 5.69. The Balaban J connectivity index is 1.58. The molecule has 144 valence electrons. The summed E-state index contributed by atoms with van der Waals surface area (Å²) < 4.78 is 48.8. The van der Waals surface area contributed by atoms with Gasteiger partial charge in [0.2, 0.25) is 5.89 Å². The summed E-state index contributed by atoms with van der Waals surface area (Å²) in [7, 11) is 0. The van der Waals surface area contributed by atoms with Crippen LogP contribution in [0.2, 0.25) is 0 Å². The molecule has 0 bridgehead atoms. The number of ether oxygens (including phenoxy) is 1. The van der Waals surface area contributed by atoms with Crippen LogP contribution in [0.5, 0.6) is 0 Å². The van der Waals surface area contributed by atoms with E-state index in [1.807, 2.05) is 12.1 Å². The first kappa shape index (κ1) is 18.0. The van der Waals surface area contributed by atoms with Crippen LogP contribution >= 0.6 is 0 Å². The molecule has 1 atom stereocenters. The molecule has 1 aliphatic heterocycles. The van der Waals surface area contributed by atoms with Crippen molar-refractivity contribution in [3.63, 3.8) is 0 Å². The molecule has 6 nitrogen and oxygen atoms in total. The molecule has 2 heterocycles. The molecule has 1 saturated heterocycles. The van der Waals surface area contributed by atoms with Crippen molar-refractivity contribution in [3.05, 3.63) is 71.1 Å². The quantitative estimate of drug-likeness (QED) is 0.726. The molecule has 3 aromatic rings. The molecule has 0 aliphatic carbocycles. The maximum atomic E-state index is 12.7. The first-order valence-corrected chi connectivity index (χ1v) is 8.42. The molecule has 28 heavy (non-hydrogen) atoms. The standard InChI is InChI=1S/C19H14F3N3O3/c20-19(21,22)13-7-5-11(6-8-13)9-12-3-1-2-4-14(12)16-24-25-17(28-16)15-10-23-18(26)27-15/h1-8,15H,9-10H2,(H,23,26). The number of alkyl halides is 3. The van der Waals surface area contributed by atoms with E-state index in [1.54, 1.807) is 12.1 Å². The van der Waals surface area contributed by atoms with Crippen LogP contribution in [0.25, 0.3) is 11.5 Å². The number of benzene rings is 2. The highest BCUT2D eigenvalue weighted by Crippen LogP contribution is 2.31. The lowest BCUT2D eigenvalue weighted by molar-refractivity contribution is -0.137. The second kappa shape index (κ2) is 6.99. The number of amides is 1. The van der Waals surface area contributed by atoms with Crippen LogP contribution in [0, 0.1) is 0 Å². The maximum absolute atomic E-state index is 12.7. The van der Waals surface area contributed by atoms with E-state index in [1.165, 1.54) is 12.1 Å². The summed E-state index contributed by atoms with van der Waals surface area (Å²) in [5.74, 6) is 0.429. The third-order valence-corrected chi connectivity index (χ3v) is 4.32. The minimum Gasteiger partial charge on any atom is -0.434 e. The van der Waals surface area contributed by atoms with Gasteiger partial charge in [0.25, 0.3) is 5.89 Å². The van der Waals surface area contributed by atoms with Crippen LogP contribution in [0.4, 0.5) is 18.0 Å². The lowest BCUT2D eigenvalue weighted by atomic mass is 9.99. The van der Waals surface area contributed by atoms with Gasteiger partial charge in [0.15, 0.2) is 6.10 Å². The van der Waals surface area contributed by atoms with E-state index in [9.17, 15) is 18.0 Å². The van der Waals surface area contributed by atoms with Gasteiger partial charge in [0, 0.05) is 5.56 Å². The van der Waals surface area contributed by atoms with Crippen molar-refractivity contribution in [1.82, 2.24) is 15.5 Å². The summed E-state index contributed by atoms with van der Waals surface area (Å²) in [5.41, 5.74) is 1.51. The molecule has 0 saturated carbocycles. The Morgan fingerprint density at radius 2 is 1.82 bits per heavy atom. The van der Waals surface area contributed by atoms with Crippen molar-refractivity contribution in [2.75, 3.05) is 6.54 Å². The Morgan fingerprint density at radius 1 is 1.07 bits per heavy atom. The average molecular weight is 389 g/mol. The number of halogens is 3. The monoisotopic (exact) mass is 389 g/mol. The Labute approximate surface area is 157 Å². The Bertz CT molecular complexity index is 999. The largest absolute Gasteiger partial charge is 0.434 e. The van der Waals surface area contributed by atoms with Gasteiger partial charge in [0.1, 0.15) is 0 Å². The van der Waals surface area contributed by atoms with Crippen molar-refractivity contribution in [1.29, 1.82) is 0 Å². The highest BCUT2D eigenvalue weighted by atomic mass is 19.4. The molecule has 1 aromatic heterocycles. The first-order chi connectivity index (χ1) is 13.4. The molecule has 0 spiro atoms. The molecule has 2 aromatic carbocycles. The second-order valence-electron chi connectivity index (χ2n) is 6.25. The van der Waals surface area contributed by atoms with Gasteiger partial charge in [-0.25, -0.2) is 4.79 Å². The van der Waals surface area contributed by atoms with Crippen molar-refractivity contribution in [2.45, 2.75) is 18.7 Å². The Morgan fingerprint density at radius 3 is 2.50 bits per heavy atom. The summed E-state index contributed by atoms with van der Waals surface area (Å²) in [4.78, 5) is 11.2. The fraction of sp³-hybridized carbons (Fsp3) is 0.211. The van der Waals surface area contributed by atoms with Crippen molar-refractivity contribution in [3.8, 4) is 11.5 Å². The summed E-state index contributed by atoms with van der Waals surface area (Å²) in [5, 5.41) is 10.5. The van der Waals surface area contributed by atoms with Crippen LogP contribution < -0.4 is 5.32 Å². The minimum atomic E-state index is -4.37. The predicted molar refractivity (Wildman–Crippen MR) is 91.2 cm³/mol. The molecule has 1 N–H and O–H groups in total. The summed E-state index contributed by atoms with van der Waals surface area (Å²) in [6, 6.07) is 12.3. The summed E-state index contributed by atoms with van der Waals surface area (Å²) >= 11 is 0. The number of rotatable bonds is 4. The van der Waals surface area contributed by atoms with Crippen LogP contribution in [-0.4, -0.2) is 22.8 Å². The van der Waals surface area contributed by atoms with Gasteiger partial charge >= 0.3 is 12.3 Å². The van der Waals surface area contributed by atoms with Gasteiger partial charge in [-0.3, -0.25) is 0 Å². The number of carbonyl (C=O) groups excluding carboxylic acids is 1. The number of carbonyl (C=O) groups is 1.